The summed E-state index contributed by atoms with van der Waals surface area (Å²) in [5, 5.41) is 7.96. The summed E-state index contributed by atoms with van der Waals surface area (Å²) in [6, 6.07) is 6.34. The maximum absolute atomic E-state index is 12.9. The number of carbonyl (C=O) groups excluding carboxylic acids is 3. The van der Waals surface area contributed by atoms with Crippen molar-refractivity contribution in [2.24, 2.45) is 0 Å². The first-order valence-corrected chi connectivity index (χ1v) is 12.1. The number of ether oxygens (including phenoxy) is 2. The molecule has 35 heavy (non-hydrogen) atoms. The monoisotopic (exact) mass is 538 g/mol. The van der Waals surface area contributed by atoms with Gasteiger partial charge >= 0.3 is 5.97 Å². The van der Waals surface area contributed by atoms with Gasteiger partial charge in [0.05, 0.1) is 22.1 Å². The second-order valence-corrected chi connectivity index (χ2v) is 9.50. The van der Waals surface area contributed by atoms with E-state index in [1.165, 1.54) is 15.6 Å². The standard InChI is InChI=1S/C23H24Cl2N4O5S/c1-5-10-33-23(32)18-13(2)19(22(31)28(3)4)35-21(18)26-20(30)16-8-9-29(27-16)12-34-17-7-6-14(24)11-15(17)25/h6-9,11H,5,10,12H2,1-4H3,(H,26,30). The highest BCUT2D eigenvalue weighted by atomic mass is 35.5. The highest BCUT2D eigenvalue weighted by Crippen LogP contribution is 2.35. The van der Waals surface area contributed by atoms with E-state index in [0.717, 1.165) is 11.3 Å². The molecule has 0 fully saturated rings. The summed E-state index contributed by atoms with van der Waals surface area (Å²) in [7, 11) is 3.22. The van der Waals surface area contributed by atoms with Crippen molar-refractivity contribution in [3.05, 3.63) is 62.2 Å². The third-order valence-electron chi connectivity index (χ3n) is 4.74. The lowest BCUT2D eigenvalue weighted by atomic mass is 10.1. The Hall–Kier alpha value is -3.08. The number of hydrogen-bond acceptors (Lipinski definition) is 7. The summed E-state index contributed by atoms with van der Waals surface area (Å²) in [5.41, 5.74) is 0.696. The number of hydrogen-bond donors (Lipinski definition) is 1. The largest absolute Gasteiger partial charge is 0.470 e. The summed E-state index contributed by atoms with van der Waals surface area (Å²) in [6.45, 7) is 3.75. The summed E-state index contributed by atoms with van der Waals surface area (Å²) in [5.74, 6) is -1.02. The van der Waals surface area contributed by atoms with Crippen molar-refractivity contribution >= 4 is 57.3 Å². The van der Waals surface area contributed by atoms with Gasteiger partial charge < -0.3 is 19.7 Å². The first-order valence-electron chi connectivity index (χ1n) is 10.6. The molecular formula is C23H24Cl2N4O5S. The number of halogens is 2. The molecule has 0 aliphatic heterocycles. The fourth-order valence-electron chi connectivity index (χ4n) is 2.97. The van der Waals surface area contributed by atoms with Crippen LogP contribution in [0.1, 0.15) is 49.4 Å². The van der Waals surface area contributed by atoms with E-state index >= 15 is 0 Å². The van der Waals surface area contributed by atoms with Gasteiger partial charge in [-0.15, -0.1) is 11.3 Å². The normalized spacial score (nSPS) is 10.7. The van der Waals surface area contributed by atoms with Gasteiger partial charge in [0.15, 0.2) is 12.4 Å². The Morgan fingerprint density at radius 3 is 2.60 bits per heavy atom. The van der Waals surface area contributed by atoms with Gasteiger partial charge in [-0.1, -0.05) is 30.1 Å². The Kier molecular flexibility index (Phi) is 8.76. The van der Waals surface area contributed by atoms with Gasteiger partial charge in [-0.2, -0.15) is 5.10 Å². The van der Waals surface area contributed by atoms with Crippen LogP contribution in [0.5, 0.6) is 5.75 Å². The van der Waals surface area contributed by atoms with E-state index in [2.05, 4.69) is 10.4 Å². The molecule has 3 rings (SSSR count). The average Bonchev–Trinajstić information content (AvgIpc) is 3.41. The van der Waals surface area contributed by atoms with E-state index in [1.807, 2.05) is 6.92 Å². The van der Waals surface area contributed by atoms with Crippen LogP contribution in [0.2, 0.25) is 10.0 Å². The SMILES string of the molecule is CCCOC(=O)c1c(NC(=O)c2ccn(COc3ccc(Cl)cc3Cl)n2)sc(C(=O)N(C)C)c1C. The minimum atomic E-state index is -0.604. The summed E-state index contributed by atoms with van der Waals surface area (Å²) < 4.78 is 12.3. The molecule has 0 aliphatic rings. The molecular weight excluding hydrogens is 515 g/mol. The molecule has 0 atom stereocenters. The summed E-state index contributed by atoms with van der Waals surface area (Å²) in [4.78, 5) is 39.9. The van der Waals surface area contributed by atoms with Crippen molar-refractivity contribution in [2.75, 3.05) is 26.0 Å². The second kappa shape index (κ2) is 11.6. The van der Waals surface area contributed by atoms with E-state index in [-0.39, 0.29) is 35.5 Å². The van der Waals surface area contributed by atoms with E-state index in [1.54, 1.807) is 45.4 Å². The quantitative estimate of drug-likeness (QED) is 0.379. The molecule has 186 valence electrons. The number of amides is 2. The van der Waals surface area contributed by atoms with Crippen LogP contribution >= 0.6 is 34.5 Å². The second-order valence-electron chi connectivity index (χ2n) is 7.64. The van der Waals surface area contributed by atoms with Gasteiger partial charge in [0.2, 0.25) is 0 Å². The Labute approximate surface area is 216 Å². The zero-order valence-corrected chi connectivity index (χ0v) is 21.9. The number of benzene rings is 1. The number of nitrogens with zero attached hydrogens (tertiary/aromatic N) is 3. The highest BCUT2D eigenvalue weighted by molar-refractivity contribution is 7.18. The van der Waals surface area contributed by atoms with Crippen molar-refractivity contribution in [2.45, 2.75) is 27.0 Å². The van der Waals surface area contributed by atoms with Crippen molar-refractivity contribution < 1.29 is 23.9 Å². The Morgan fingerprint density at radius 1 is 1.20 bits per heavy atom. The van der Waals surface area contributed by atoms with Crippen molar-refractivity contribution in [3.8, 4) is 5.75 Å². The molecule has 0 saturated carbocycles. The van der Waals surface area contributed by atoms with Crippen LogP contribution in [0.3, 0.4) is 0 Å². The van der Waals surface area contributed by atoms with E-state index in [0.29, 0.717) is 32.7 Å². The lowest BCUT2D eigenvalue weighted by Gasteiger charge is -2.09. The lowest BCUT2D eigenvalue weighted by Crippen LogP contribution is -2.21. The highest BCUT2D eigenvalue weighted by Gasteiger charge is 2.28. The Morgan fingerprint density at radius 2 is 1.94 bits per heavy atom. The van der Waals surface area contributed by atoms with Gasteiger partial charge in [0, 0.05) is 25.3 Å². The smallest absolute Gasteiger partial charge is 0.341 e. The molecule has 0 bridgehead atoms. The molecule has 0 aliphatic carbocycles. The van der Waals surface area contributed by atoms with Gasteiger partial charge in [-0.25, -0.2) is 9.48 Å². The maximum atomic E-state index is 12.9. The molecule has 9 nitrogen and oxygen atoms in total. The van der Waals surface area contributed by atoms with Crippen molar-refractivity contribution in [1.82, 2.24) is 14.7 Å². The van der Waals surface area contributed by atoms with Crippen molar-refractivity contribution in [3.63, 3.8) is 0 Å². The molecule has 0 saturated heterocycles. The van der Waals surface area contributed by atoms with Crippen LogP contribution in [-0.4, -0.2) is 53.2 Å². The van der Waals surface area contributed by atoms with E-state index in [4.69, 9.17) is 32.7 Å². The lowest BCUT2D eigenvalue weighted by molar-refractivity contribution is 0.0506. The van der Waals surface area contributed by atoms with E-state index < -0.39 is 11.9 Å². The number of esters is 1. The molecule has 2 heterocycles. The fourth-order valence-corrected chi connectivity index (χ4v) is 4.65. The van der Waals surface area contributed by atoms with Crippen LogP contribution < -0.4 is 10.1 Å². The van der Waals surface area contributed by atoms with Crippen LogP contribution in [0.15, 0.2) is 30.5 Å². The van der Waals surface area contributed by atoms with Crippen LogP contribution in [0.4, 0.5) is 5.00 Å². The van der Waals surface area contributed by atoms with Crippen LogP contribution in [0, 0.1) is 6.92 Å². The minimum absolute atomic E-state index is 0.00280. The third-order valence-corrected chi connectivity index (χ3v) is 6.46. The topological polar surface area (TPSA) is 103 Å². The average molecular weight is 539 g/mol. The third kappa shape index (κ3) is 6.33. The number of nitrogens with one attached hydrogen (secondary N) is 1. The summed E-state index contributed by atoms with van der Waals surface area (Å²) >= 11 is 13.0. The number of aromatic nitrogens is 2. The zero-order valence-electron chi connectivity index (χ0n) is 19.6. The number of carbonyl (C=O) groups is 3. The predicted octanol–water partition coefficient (Wildman–Crippen LogP) is 5.12. The Bertz CT molecular complexity index is 1250. The molecule has 1 N–H and O–H groups in total. The maximum Gasteiger partial charge on any atom is 0.341 e. The van der Waals surface area contributed by atoms with Gasteiger partial charge in [0.25, 0.3) is 11.8 Å². The zero-order chi connectivity index (χ0) is 25.7. The molecule has 1 aromatic carbocycles. The van der Waals surface area contributed by atoms with Crippen molar-refractivity contribution in [1.29, 1.82) is 0 Å². The molecule has 0 spiro atoms. The number of anilines is 1. The van der Waals surface area contributed by atoms with Crippen LogP contribution in [0.25, 0.3) is 0 Å². The predicted molar refractivity (Wildman–Crippen MR) is 135 cm³/mol. The van der Waals surface area contributed by atoms with E-state index in [9.17, 15) is 14.4 Å². The number of rotatable bonds is 9. The van der Waals surface area contributed by atoms with Crippen LogP contribution in [-0.2, 0) is 11.5 Å². The molecule has 12 heteroatoms. The van der Waals surface area contributed by atoms with Gasteiger partial charge in [-0.05, 0) is 43.2 Å². The summed E-state index contributed by atoms with van der Waals surface area (Å²) in [6.07, 6.45) is 2.21. The molecule has 0 radical (unpaired) electrons. The molecule has 2 aromatic heterocycles. The molecule has 0 unspecified atom stereocenters. The Balaban J connectivity index is 1.78. The minimum Gasteiger partial charge on any atom is -0.470 e. The first kappa shape index (κ1) is 26.5. The van der Waals surface area contributed by atoms with Gasteiger partial charge in [0.1, 0.15) is 10.8 Å². The fraction of sp³-hybridized carbons (Fsp3) is 0.304. The number of thiophene rings is 1. The van der Waals surface area contributed by atoms with Gasteiger partial charge in [-0.3, -0.25) is 9.59 Å². The molecule has 2 amide bonds. The molecule has 3 aromatic rings. The first-order chi connectivity index (χ1) is 16.6.